The minimum Gasteiger partial charge on any atom is -0.0826 e. The van der Waals surface area contributed by atoms with Gasteiger partial charge in [0.05, 0.1) is 0 Å². The number of fused-ring (bicyclic) bond motifs is 1. The molecule has 0 N–H and O–H groups in total. The number of rotatable bonds is 2. The van der Waals surface area contributed by atoms with Gasteiger partial charge in [0, 0.05) is 3.92 Å². The second-order valence-electron chi connectivity index (χ2n) is 6.90. The van der Waals surface area contributed by atoms with Crippen molar-refractivity contribution < 1.29 is 0 Å². The number of alkyl halides is 1. The Labute approximate surface area is 121 Å². The van der Waals surface area contributed by atoms with Crippen molar-refractivity contribution in [3.05, 3.63) is 0 Å². The third-order valence-corrected chi connectivity index (χ3v) is 7.06. The van der Waals surface area contributed by atoms with Crippen molar-refractivity contribution in [3.63, 3.8) is 0 Å². The summed E-state index contributed by atoms with van der Waals surface area (Å²) in [5.74, 6) is 3.01. The lowest BCUT2D eigenvalue weighted by Crippen LogP contribution is -2.37. The molecule has 2 aliphatic rings. The van der Waals surface area contributed by atoms with Crippen LogP contribution in [-0.2, 0) is 0 Å². The lowest BCUT2D eigenvalue weighted by atomic mass is 9.58. The predicted molar refractivity (Wildman–Crippen MR) is 84.7 cm³/mol. The van der Waals surface area contributed by atoms with E-state index in [1.54, 1.807) is 0 Å². The SMILES string of the molecule is CCC1(C(C)C)CCC2CC(I)CCCC2C1. The Morgan fingerprint density at radius 2 is 1.94 bits per heavy atom. The first-order chi connectivity index (χ1) is 8.07. The van der Waals surface area contributed by atoms with Crippen LogP contribution in [-0.4, -0.2) is 3.92 Å². The van der Waals surface area contributed by atoms with E-state index in [9.17, 15) is 0 Å². The molecule has 100 valence electrons. The van der Waals surface area contributed by atoms with Crippen LogP contribution in [0.1, 0.15) is 72.1 Å². The third-order valence-electron chi connectivity index (χ3n) is 5.93. The van der Waals surface area contributed by atoms with Crippen LogP contribution in [0.2, 0.25) is 0 Å². The van der Waals surface area contributed by atoms with Crippen molar-refractivity contribution in [3.8, 4) is 0 Å². The summed E-state index contributed by atoms with van der Waals surface area (Å²) in [6.45, 7) is 7.35. The predicted octanol–water partition coefficient (Wildman–Crippen LogP) is 5.83. The Balaban J connectivity index is 2.07. The summed E-state index contributed by atoms with van der Waals surface area (Å²) in [6, 6.07) is 0. The van der Waals surface area contributed by atoms with Crippen molar-refractivity contribution in [2.75, 3.05) is 0 Å². The van der Waals surface area contributed by atoms with Gasteiger partial charge >= 0.3 is 0 Å². The van der Waals surface area contributed by atoms with E-state index in [0.717, 1.165) is 21.7 Å². The number of halogens is 1. The summed E-state index contributed by atoms with van der Waals surface area (Å²) in [5, 5.41) is 0. The maximum atomic E-state index is 2.70. The first-order valence-electron chi connectivity index (χ1n) is 7.71. The average Bonchev–Trinajstić information content (AvgIpc) is 2.48. The van der Waals surface area contributed by atoms with Gasteiger partial charge in [0.2, 0.25) is 0 Å². The highest BCUT2D eigenvalue weighted by molar-refractivity contribution is 14.1. The molecule has 0 aromatic heterocycles. The fourth-order valence-electron chi connectivity index (χ4n) is 4.45. The Morgan fingerprint density at radius 1 is 1.18 bits per heavy atom. The number of hydrogen-bond donors (Lipinski definition) is 0. The summed E-state index contributed by atoms with van der Waals surface area (Å²) in [7, 11) is 0. The van der Waals surface area contributed by atoms with Gasteiger partial charge in [0.15, 0.2) is 0 Å². The zero-order chi connectivity index (χ0) is 12.5. The molecule has 2 rings (SSSR count). The second-order valence-corrected chi connectivity index (χ2v) is 8.66. The molecule has 4 unspecified atom stereocenters. The molecule has 2 fully saturated rings. The van der Waals surface area contributed by atoms with E-state index < -0.39 is 0 Å². The van der Waals surface area contributed by atoms with Crippen molar-refractivity contribution in [2.24, 2.45) is 23.2 Å². The molecule has 0 radical (unpaired) electrons. The lowest BCUT2D eigenvalue weighted by molar-refractivity contribution is 0.0374. The highest BCUT2D eigenvalue weighted by Gasteiger charge is 2.42. The molecule has 2 aliphatic carbocycles. The molecule has 1 heteroatoms. The molecule has 2 saturated carbocycles. The van der Waals surface area contributed by atoms with Gasteiger partial charge in [-0.25, -0.2) is 0 Å². The van der Waals surface area contributed by atoms with Gasteiger partial charge in [-0.15, -0.1) is 0 Å². The van der Waals surface area contributed by atoms with Crippen LogP contribution >= 0.6 is 22.6 Å². The summed E-state index contributed by atoms with van der Waals surface area (Å²) in [6.07, 6.45) is 12.0. The summed E-state index contributed by atoms with van der Waals surface area (Å²) in [4.78, 5) is 0. The largest absolute Gasteiger partial charge is 0.0826 e. The van der Waals surface area contributed by atoms with Crippen molar-refractivity contribution >= 4 is 22.6 Å². The van der Waals surface area contributed by atoms with E-state index in [2.05, 4.69) is 43.4 Å². The molecule has 0 bridgehead atoms. The molecule has 0 aromatic rings. The first-order valence-corrected chi connectivity index (χ1v) is 8.96. The van der Waals surface area contributed by atoms with Crippen LogP contribution in [0.4, 0.5) is 0 Å². The van der Waals surface area contributed by atoms with E-state index in [1.165, 1.54) is 51.4 Å². The Hall–Kier alpha value is 0.730. The van der Waals surface area contributed by atoms with Crippen LogP contribution in [0.5, 0.6) is 0 Å². The first kappa shape index (κ1) is 14.1. The monoisotopic (exact) mass is 348 g/mol. The second kappa shape index (κ2) is 5.79. The van der Waals surface area contributed by atoms with E-state index >= 15 is 0 Å². The van der Waals surface area contributed by atoms with E-state index in [-0.39, 0.29) is 0 Å². The molecule has 17 heavy (non-hydrogen) atoms. The van der Waals surface area contributed by atoms with Gasteiger partial charge in [0.25, 0.3) is 0 Å². The lowest BCUT2D eigenvalue weighted by Gasteiger charge is -2.47. The molecule has 0 saturated heterocycles. The minimum atomic E-state index is 0.687. The molecule has 4 atom stereocenters. The Morgan fingerprint density at radius 3 is 2.59 bits per heavy atom. The van der Waals surface area contributed by atoms with Gasteiger partial charge in [0.1, 0.15) is 0 Å². The van der Waals surface area contributed by atoms with Crippen molar-refractivity contribution in [1.82, 2.24) is 0 Å². The van der Waals surface area contributed by atoms with Crippen LogP contribution in [0.25, 0.3) is 0 Å². The van der Waals surface area contributed by atoms with Gasteiger partial charge < -0.3 is 0 Å². The summed E-state index contributed by atoms with van der Waals surface area (Å²) in [5.41, 5.74) is 0.687. The fourth-order valence-corrected chi connectivity index (χ4v) is 5.54. The maximum Gasteiger partial charge on any atom is 0.0112 e. The van der Waals surface area contributed by atoms with Crippen LogP contribution in [0, 0.1) is 23.2 Å². The molecule has 0 heterocycles. The van der Waals surface area contributed by atoms with Crippen molar-refractivity contribution in [1.29, 1.82) is 0 Å². The van der Waals surface area contributed by atoms with E-state index in [4.69, 9.17) is 0 Å². The highest BCUT2D eigenvalue weighted by Crippen LogP contribution is 2.52. The zero-order valence-electron chi connectivity index (χ0n) is 11.8. The number of hydrogen-bond acceptors (Lipinski definition) is 0. The maximum absolute atomic E-state index is 2.70. The minimum absolute atomic E-state index is 0.687. The third kappa shape index (κ3) is 3.01. The average molecular weight is 348 g/mol. The van der Waals surface area contributed by atoms with Gasteiger partial charge in [-0.3, -0.25) is 0 Å². The normalized spacial score (nSPS) is 43.2. The fraction of sp³-hybridized carbons (Fsp3) is 1.00. The molecule has 0 amide bonds. The molecule has 0 spiro atoms. The topological polar surface area (TPSA) is 0 Å². The molecular weight excluding hydrogens is 319 g/mol. The molecule has 0 nitrogen and oxygen atoms in total. The quantitative estimate of drug-likeness (QED) is 0.435. The Bertz CT molecular complexity index is 248. The smallest absolute Gasteiger partial charge is 0.0112 e. The summed E-state index contributed by atoms with van der Waals surface area (Å²) < 4.78 is 0.968. The molecule has 0 aromatic carbocycles. The van der Waals surface area contributed by atoms with Gasteiger partial charge in [-0.2, -0.15) is 0 Å². The Kier molecular flexibility index (Phi) is 4.82. The van der Waals surface area contributed by atoms with Crippen LogP contribution in [0.15, 0.2) is 0 Å². The standard InChI is InChI=1S/C16H29I/c1-4-16(12(2)3)9-8-13-10-15(17)7-5-6-14(13)11-16/h12-15H,4-11H2,1-3H3. The van der Waals surface area contributed by atoms with E-state index in [0.29, 0.717) is 5.41 Å². The van der Waals surface area contributed by atoms with Gasteiger partial charge in [-0.1, -0.05) is 62.6 Å². The van der Waals surface area contributed by atoms with Crippen LogP contribution < -0.4 is 0 Å². The highest BCUT2D eigenvalue weighted by atomic mass is 127. The molecular formula is C16H29I. The summed E-state index contributed by atoms with van der Waals surface area (Å²) >= 11 is 2.70. The zero-order valence-corrected chi connectivity index (χ0v) is 14.0. The van der Waals surface area contributed by atoms with Crippen LogP contribution in [0.3, 0.4) is 0 Å². The van der Waals surface area contributed by atoms with Gasteiger partial charge in [-0.05, 0) is 55.3 Å². The van der Waals surface area contributed by atoms with Crippen molar-refractivity contribution in [2.45, 2.75) is 76.1 Å². The van der Waals surface area contributed by atoms with E-state index in [1.807, 2.05) is 0 Å². The molecule has 0 aliphatic heterocycles.